The zero-order valence-corrected chi connectivity index (χ0v) is 24.5. The van der Waals surface area contributed by atoms with Gasteiger partial charge in [-0.3, -0.25) is 13.9 Å². The highest BCUT2D eigenvalue weighted by Gasteiger charge is 2.34. The molecule has 0 heterocycles. The van der Waals surface area contributed by atoms with E-state index in [-0.39, 0.29) is 17.3 Å². The number of nitrogens with one attached hydrogen (secondary N) is 1. The van der Waals surface area contributed by atoms with Crippen molar-refractivity contribution in [3.8, 4) is 0 Å². The molecule has 0 bridgehead atoms. The Hall–Kier alpha value is -3.65. The van der Waals surface area contributed by atoms with E-state index in [4.69, 9.17) is 0 Å². The second-order valence-corrected chi connectivity index (χ2v) is 11.8. The van der Waals surface area contributed by atoms with Crippen molar-refractivity contribution < 1.29 is 18.0 Å². The summed E-state index contributed by atoms with van der Waals surface area (Å²) in [4.78, 5) is 28.7. The Kier molecular flexibility index (Phi) is 9.92. The molecule has 0 aliphatic carbocycles. The topological polar surface area (TPSA) is 86.8 Å². The normalized spacial score (nSPS) is 12.1. The Bertz CT molecular complexity index is 1420. The van der Waals surface area contributed by atoms with Crippen LogP contribution in [0.25, 0.3) is 0 Å². The van der Waals surface area contributed by atoms with Crippen LogP contribution in [0.1, 0.15) is 48.1 Å². The van der Waals surface area contributed by atoms with Crippen molar-refractivity contribution in [2.24, 2.45) is 0 Å². The Morgan fingerprint density at radius 1 is 0.846 bits per heavy atom. The quantitative estimate of drug-likeness (QED) is 0.362. The minimum absolute atomic E-state index is 0.0998. The van der Waals surface area contributed by atoms with Gasteiger partial charge in [-0.1, -0.05) is 66.6 Å². The molecule has 208 valence electrons. The van der Waals surface area contributed by atoms with Gasteiger partial charge in [-0.15, -0.1) is 0 Å². The van der Waals surface area contributed by atoms with Gasteiger partial charge in [0.25, 0.3) is 10.0 Å². The average molecular weight is 550 g/mol. The molecule has 1 N–H and O–H groups in total. The maximum Gasteiger partial charge on any atom is 0.264 e. The summed E-state index contributed by atoms with van der Waals surface area (Å²) in [5, 5.41) is 2.83. The van der Waals surface area contributed by atoms with E-state index in [0.29, 0.717) is 18.7 Å². The average Bonchev–Trinajstić information content (AvgIpc) is 2.89. The second kappa shape index (κ2) is 12.9. The molecule has 3 rings (SSSR count). The van der Waals surface area contributed by atoms with E-state index in [1.807, 2.05) is 77.9 Å². The molecule has 1 atom stereocenters. The van der Waals surface area contributed by atoms with E-state index in [1.165, 1.54) is 9.21 Å². The van der Waals surface area contributed by atoms with Gasteiger partial charge in [0.15, 0.2) is 0 Å². The second-order valence-electron chi connectivity index (χ2n) is 9.94. The van der Waals surface area contributed by atoms with Gasteiger partial charge in [0.05, 0.1) is 10.6 Å². The summed E-state index contributed by atoms with van der Waals surface area (Å²) >= 11 is 0. The summed E-state index contributed by atoms with van der Waals surface area (Å²) in [6, 6.07) is 19.1. The number of carbonyl (C=O) groups is 2. The minimum atomic E-state index is -4.10. The lowest BCUT2D eigenvalue weighted by molar-refractivity contribution is -0.140. The highest BCUT2D eigenvalue weighted by molar-refractivity contribution is 7.92. The van der Waals surface area contributed by atoms with Crippen molar-refractivity contribution in [3.63, 3.8) is 0 Å². The largest absolute Gasteiger partial charge is 0.355 e. The Morgan fingerprint density at radius 2 is 1.49 bits per heavy atom. The summed E-state index contributed by atoms with van der Waals surface area (Å²) in [5.41, 5.74) is 4.86. The predicted molar refractivity (Wildman–Crippen MR) is 156 cm³/mol. The van der Waals surface area contributed by atoms with E-state index < -0.39 is 28.5 Å². The molecule has 3 aromatic carbocycles. The van der Waals surface area contributed by atoms with E-state index in [9.17, 15) is 18.0 Å². The number of sulfonamides is 1. The van der Waals surface area contributed by atoms with Crippen LogP contribution in [-0.4, -0.2) is 44.3 Å². The summed E-state index contributed by atoms with van der Waals surface area (Å²) in [6.45, 7) is 11.4. The van der Waals surface area contributed by atoms with Crippen LogP contribution in [0.3, 0.4) is 0 Å². The number of rotatable bonds is 11. The highest BCUT2D eigenvalue weighted by atomic mass is 32.2. The van der Waals surface area contributed by atoms with Crippen molar-refractivity contribution in [2.75, 3.05) is 17.4 Å². The lowest BCUT2D eigenvalue weighted by Crippen LogP contribution is -2.52. The van der Waals surface area contributed by atoms with Gasteiger partial charge >= 0.3 is 0 Å². The molecule has 0 radical (unpaired) electrons. The highest BCUT2D eigenvalue weighted by Crippen LogP contribution is 2.29. The minimum Gasteiger partial charge on any atom is -0.355 e. The van der Waals surface area contributed by atoms with Crippen LogP contribution in [0.2, 0.25) is 0 Å². The third kappa shape index (κ3) is 7.26. The van der Waals surface area contributed by atoms with Crippen LogP contribution < -0.4 is 9.62 Å². The molecule has 3 aromatic rings. The first-order chi connectivity index (χ1) is 18.5. The first kappa shape index (κ1) is 29.9. The number of anilines is 1. The smallest absolute Gasteiger partial charge is 0.264 e. The van der Waals surface area contributed by atoms with Gasteiger partial charge in [-0.2, -0.15) is 0 Å². The van der Waals surface area contributed by atoms with Gasteiger partial charge in [0.1, 0.15) is 12.6 Å². The Labute approximate surface area is 232 Å². The summed E-state index contributed by atoms with van der Waals surface area (Å²) < 4.78 is 29.2. The summed E-state index contributed by atoms with van der Waals surface area (Å²) in [6.07, 6.45) is 0.386. The number of likely N-dealkylation sites (N-methyl/N-ethyl adjacent to an activating group) is 1. The molecule has 7 nitrogen and oxygen atoms in total. The monoisotopic (exact) mass is 549 g/mol. The maximum absolute atomic E-state index is 14.1. The van der Waals surface area contributed by atoms with Gasteiger partial charge < -0.3 is 10.2 Å². The Balaban J connectivity index is 2.11. The van der Waals surface area contributed by atoms with E-state index >= 15 is 0 Å². The molecule has 0 aliphatic rings. The molecule has 0 unspecified atom stereocenters. The van der Waals surface area contributed by atoms with E-state index in [1.54, 1.807) is 30.3 Å². The fraction of sp³-hybridized carbons (Fsp3) is 0.355. The van der Waals surface area contributed by atoms with Gasteiger partial charge in [0.2, 0.25) is 11.8 Å². The summed E-state index contributed by atoms with van der Waals surface area (Å²) in [7, 11) is -4.10. The molecule has 39 heavy (non-hydrogen) atoms. The number of aryl methyl sites for hydroxylation is 4. The van der Waals surface area contributed by atoms with Crippen molar-refractivity contribution in [1.29, 1.82) is 0 Å². The number of hydrogen-bond acceptors (Lipinski definition) is 4. The predicted octanol–water partition coefficient (Wildman–Crippen LogP) is 5.06. The lowest BCUT2D eigenvalue weighted by Gasteiger charge is -2.33. The molecule has 0 fully saturated rings. The molecule has 2 amide bonds. The van der Waals surface area contributed by atoms with Gasteiger partial charge in [-0.25, -0.2) is 8.42 Å². The molecule has 0 saturated heterocycles. The van der Waals surface area contributed by atoms with Gasteiger partial charge in [0, 0.05) is 13.1 Å². The molecule has 8 heteroatoms. The number of benzene rings is 3. The third-order valence-corrected chi connectivity index (χ3v) is 8.47. The van der Waals surface area contributed by atoms with Gasteiger partial charge in [-0.05, 0) is 75.9 Å². The standard InChI is InChI=1S/C31H39N3O4S/c1-7-28(31(36)32-8-2)33(20-26-11-9-10-23(4)18-26)30(35)21-34(29-19-24(5)12-15-25(29)6)39(37,38)27-16-13-22(3)14-17-27/h9-19,28H,7-8,20-21H2,1-6H3,(H,32,36)/t28-/m1/s1. The van der Waals surface area contributed by atoms with Crippen LogP contribution in [-0.2, 0) is 26.2 Å². The maximum atomic E-state index is 14.1. The number of nitrogens with zero attached hydrogens (tertiary/aromatic N) is 2. The number of carbonyl (C=O) groups excluding carboxylic acids is 2. The molecule has 0 saturated carbocycles. The zero-order chi connectivity index (χ0) is 28.7. The van der Waals surface area contributed by atoms with Crippen molar-refractivity contribution in [2.45, 2.75) is 65.4 Å². The van der Waals surface area contributed by atoms with Crippen molar-refractivity contribution >= 4 is 27.5 Å². The molecule has 0 spiro atoms. The van der Waals surface area contributed by atoms with Crippen LogP contribution in [0.4, 0.5) is 5.69 Å². The first-order valence-electron chi connectivity index (χ1n) is 13.3. The first-order valence-corrected chi connectivity index (χ1v) is 14.7. The van der Waals surface area contributed by atoms with Crippen LogP contribution in [0.5, 0.6) is 0 Å². The number of amides is 2. The van der Waals surface area contributed by atoms with E-state index in [2.05, 4.69) is 5.32 Å². The fourth-order valence-electron chi connectivity index (χ4n) is 4.56. The van der Waals surface area contributed by atoms with Crippen LogP contribution >= 0.6 is 0 Å². The third-order valence-electron chi connectivity index (χ3n) is 6.69. The molecular weight excluding hydrogens is 510 g/mol. The molecular formula is C31H39N3O4S. The number of hydrogen-bond donors (Lipinski definition) is 1. The zero-order valence-electron chi connectivity index (χ0n) is 23.7. The van der Waals surface area contributed by atoms with Crippen molar-refractivity contribution in [1.82, 2.24) is 10.2 Å². The molecule has 0 aliphatic heterocycles. The molecule has 0 aromatic heterocycles. The van der Waals surface area contributed by atoms with Crippen LogP contribution in [0, 0.1) is 27.7 Å². The fourth-order valence-corrected chi connectivity index (χ4v) is 6.03. The SMILES string of the molecule is CCNC(=O)[C@@H](CC)N(Cc1cccc(C)c1)C(=O)CN(c1cc(C)ccc1C)S(=O)(=O)c1ccc(C)cc1. The Morgan fingerprint density at radius 3 is 2.10 bits per heavy atom. The van der Waals surface area contributed by atoms with Crippen molar-refractivity contribution in [3.05, 3.63) is 94.5 Å². The lowest BCUT2D eigenvalue weighted by atomic mass is 10.1. The van der Waals surface area contributed by atoms with E-state index in [0.717, 1.165) is 27.8 Å². The van der Waals surface area contributed by atoms with Crippen LogP contribution in [0.15, 0.2) is 71.6 Å². The summed E-state index contributed by atoms with van der Waals surface area (Å²) in [5.74, 6) is -0.716.